The molecule has 0 bridgehead atoms. The zero-order chi connectivity index (χ0) is 25.3. The van der Waals surface area contributed by atoms with Crippen molar-refractivity contribution in [2.24, 2.45) is 5.41 Å². The molecule has 182 valence electrons. The van der Waals surface area contributed by atoms with E-state index in [0.29, 0.717) is 6.42 Å². The SMILES string of the molecule is CCOC(=O)[C@H](Cc1ccc(-n2c(-c3cccnc3)nc3cccnc32)cc1)NC1=CC(=O)C1(C)C. The zero-order valence-corrected chi connectivity index (χ0v) is 20.4. The van der Waals surface area contributed by atoms with Crippen molar-refractivity contribution in [1.82, 2.24) is 24.8 Å². The van der Waals surface area contributed by atoms with Crippen LogP contribution in [0, 0.1) is 5.41 Å². The van der Waals surface area contributed by atoms with Crippen LogP contribution in [0.25, 0.3) is 28.2 Å². The van der Waals surface area contributed by atoms with E-state index in [1.165, 1.54) is 0 Å². The number of benzene rings is 1. The van der Waals surface area contributed by atoms with Crippen LogP contribution in [0.3, 0.4) is 0 Å². The minimum atomic E-state index is -0.618. The summed E-state index contributed by atoms with van der Waals surface area (Å²) in [6.07, 6.45) is 7.22. The molecule has 1 aliphatic rings. The van der Waals surface area contributed by atoms with Gasteiger partial charge in [-0.15, -0.1) is 0 Å². The quantitative estimate of drug-likeness (QED) is 0.379. The fourth-order valence-corrected chi connectivity index (χ4v) is 4.26. The van der Waals surface area contributed by atoms with Crippen molar-refractivity contribution in [1.29, 1.82) is 0 Å². The number of esters is 1. The lowest BCUT2D eigenvalue weighted by atomic mass is 9.74. The van der Waals surface area contributed by atoms with Gasteiger partial charge in [-0.3, -0.25) is 14.3 Å². The van der Waals surface area contributed by atoms with Gasteiger partial charge in [0.25, 0.3) is 0 Å². The molecule has 0 fully saturated rings. The Morgan fingerprint density at radius 2 is 1.89 bits per heavy atom. The number of nitrogens with one attached hydrogen (secondary N) is 1. The molecule has 3 aromatic heterocycles. The molecule has 1 aromatic carbocycles. The fourth-order valence-electron chi connectivity index (χ4n) is 4.26. The first-order valence-electron chi connectivity index (χ1n) is 11.9. The first-order valence-corrected chi connectivity index (χ1v) is 11.9. The third kappa shape index (κ3) is 4.26. The van der Waals surface area contributed by atoms with Crippen LogP contribution < -0.4 is 5.32 Å². The Morgan fingerprint density at radius 1 is 1.11 bits per heavy atom. The lowest BCUT2D eigenvalue weighted by Gasteiger charge is -2.36. The maximum Gasteiger partial charge on any atom is 0.328 e. The second-order valence-corrected chi connectivity index (χ2v) is 9.23. The second kappa shape index (κ2) is 9.37. The zero-order valence-electron chi connectivity index (χ0n) is 20.4. The Bertz CT molecular complexity index is 1460. The largest absolute Gasteiger partial charge is 0.464 e. The van der Waals surface area contributed by atoms with Crippen LogP contribution in [0.4, 0.5) is 0 Å². The van der Waals surface area contributed by atoms with E-state index < -0.39 is 11.5 Å². The number of allylic oxidation sites excluding steroid dienone is 2. The second-order valence-electron chi connectivity index (χ2n) is 9.23. The van der Waals surface area contributed by atoms with Crippen molar-refractivity contribution < 1.29 is 14.3 Å². The molecule has 4 aromatic rings. The molecule has 0 saturated heterocycles. The summed E-state index contributed by atoms with van der Waals surface area (Å²) in [4.78, 5) is 38.2. The van der Waals surface area contributed by atoms with Crippen molar-refractivity contribution in [3.8, 4) is 17.1 Å². The highest BCUT2D eigenvalue weighted by molar-refractivity contribution is 6.04. The molecule has 0 aliphatic heterocycles. The predicted molar refractivity (Wildman–Crippen MR) is 136 cm³/mol. The molecular weight excluding hydrogens is 454 g/mol. The van der Waals surface area contributed by atoms with Gasteiger partial charge < -0.3 is 10.1 Å². The predicted octanol–water partition coefficient (Wildman–Crippen LogP) is 4.04. The van der Waals surface area contributed by atoms with Gasteiger partial charge in [0.2, 0.25) is 0 Å². The van der Waals surface area contributed by atoms with Crippen LogP contribution in [0.15, 0.2) is 78.9 Å². The number of fused-ring (bicyclic) bond motifs is 1. The Morgan fingerprint density at radius 3 is 2.56 bits per heavy atom. The molecule has 36 heavy (non-hydrogen) atoms. The summed E-state index contributed by atoms with van der Waals surface area (Å²) in [5, 5.41) is 3.24. The Hall–Kier alpha value is -4.33. The van der Waals surface area contributed by atoms with E-state index in [0.717, 1.165) is 39.5 Å². The third-order valence-corrected chi connectivity index (χ3v) is 6.44. The number of rotatable bonds is 8. The van der Waals surface area contributed by atoms with Gasteiger partial charge in [0, 0.05) is 48.0 Å². The van der Waals surface area contributed by atoms with Crippen molar-refractivity contribution in [2.45, 2.75) is 33.2 Å². The number of ketones is 1. The lowest BCUT2D eigenvalue weighted by molar-refractivity contribution is -0.145. The van der Waals surface area contributed by atoms with E-state index >= 15 is 0 Å². The number of hydrogen-bond acceptors (Lipinski definition) is 7. The van der Waals surface area contributed by atoms with Crippen LogP contribution in [0.1, 0.15) is 26.3 Å². The minimum Gasteiger partial charge on any atom is -0.464 e. The smallest absolute Gasteiger partial charge is 0.328 e. The van der Waals surface area contributed by atoms with Crippen molar-refractivity contribution in [2.75, 3.05) is 6.61 Å². The highest BCUT2D eigenvalue weighted by Crippen LogP contribution is 2.35. The number of ether oxygens (including phenoxy) is 1. The minimum absolute atomic E-state index is 0.0440. The third-order valence-electron chi connectivity index (χ3n) is 6.44. The van der Waals surface area contributed by atoms with Gasteiger partial charge >= 0.3 is 5.97 Å². The van der Waals surface area contributed by atoms with Crippen LogP contribution in [0.5, 0.6) is 0 Å². The average Bonchev–Trinajstić information content (AvgIpc) is 3.28. The molecule has 8 heteroatoms. The molecule has 0 spiro atoms. The van der Waals surface area contributed by atoms with Crippen LogP contribution in [0.2, 0.25) is 0 Å². The average molecular weight is 482 g/mol. The Balaban J connectivity index is 1.45. The molecule has 0 unspecified atom stereocenters. The van der Waals surface area contributed by atoms with Crippen molar-refractivity contribution >= 4 is 22.9 Å². The maximum atomic E-state index is 12.7. The molecule has 0 amide bonds. The summed E-state index contributed by atoms with van der Waals surface area (Å²) in [6, 6.07) is 15.0. The summed E-state index contributed by atoms with van der Waals surface area (Å²) in [6.45, 7) is 5.76. The summed E-state index contributed by atoms with van der Waals surface area (Å²) in [7, 11) is 0. The number of pyridine rings is 2. The highest BCUT2D eigenvalue weighted by Gasteiger charge is 2.41. The topological polar surface area (TPSA) is 99.0 Å². The molecule has 3 heterocycles. The standard InChI is InChI=1S/C28H27N5O3/c1-4-36-27(35)22(31-23-16-24(34)28(23,2)3)15-18-9-11-20(12-10-18)33-25(19-7-5-13-29-17-19)32-21-8-6-14-30-26(21)33/h5-14,16-17,22,31H,4,15H2,1-3H3/t22-/m0/s1. The molecule has 0 radical (unpaired) electrons. The van der Waals surface area contributed by atoms with Crippen LogP contribution in [-0.4, -0.2) is 43.9 Å². The number of hydrogen-bond donors (Lipinski definition) is 1. The molecular formula is C28H27N5O3. The lowest BCUT2D eigenvalue weighted by Crippen LogP contribution is -2.48. The summed E-state index contributed by atoms with van der Waals surface area (Å²) < 4.78 is 7.30. The molecule has 5 rings (SSSR count). The molecule has 1 aliphatic carbocycles. The van der Waals surface area contributed by atoms with Crippen molar-refractivity contribution in [3.05, 3.63) is 84.5 Å². The van der Waals surface area contributed by atoms with Gasteiger partial charge in [-0.25, -0.2) is 14.8 Å². The van der Waals surface area contributed by atoms with Crippen LogP contribution >= 0.6 is 0 Å². The fraction of sp³-hybridized carbons (Fsp3) is 0.250. The van der Waals surface area contributed by atoms with E-state index in [2.05, 4.69) is 15.3 Å². The monoisotopic (exact) mass is 481 g/mol. The summed E-state index contributed by atoms with van der Waals surface area (Å²) in [5.41, 5.74) is 4.40. The van der Waals surface area contributed by atoms with Gasteiger partial charge in [0.1, 0.15) is 17.4 Å². The molecule has 8 nitrogen and oxygen atoms in total. The summed E-state index contributed by atoms with van der Waals surface area (Å²) >= 11 is 0. The first kappa shape index (κ1) is 23.4. The van der Waals surface area contributed by atoms with E-state index in [9.17, 15) is 9.59 Å². The first-order chi connectivity index (χ1) is 17.4. The van der Waals surface area contributed by atoms with E-state index in [1.54, 1.807) is 31.6 Å². The number of carbonyl (C=O) groups is 2. The van der Waals surface area contributed by atoms with E-state index in [-0.39, 0.29) is 18.4 Å². The highest BCUT2D eigenvalue weighted by atomic mass is 16.5. The number of aromatic nitrogens is 4. The number of carbonyl (C=O) groups excluding carboxylic acids is 2. The van der Waals surface area contributed by atoms with E-state index in [1.807, 2.05) is 66.9 Å². The van der Waals surface area contributed by atoms with Gasteiger partial charge in [0.05, 0.1) is 12.0 Å². The maximum absolute atomic E-state index is 12.7. The van der Waals surface area contributed by atoms with Crippen LogP contribution in [-0.2, 0) is 20.7 Å². The van der Waals surface area contributed by atoms with Gasteiger partial charge in [-0.2, -0.15) is 0 Å². The molecule has 1 atom stereocenters. The number of nitrogens with zero attached hydrogens (tertiary/aromatic N) is 4. The normalized spacial score (nSPS) is 15.2. The molecule has 0 saturated carbocycles. The number of imidazole rings is 1. The van der Waals surface area contributed by atoms with Gasteiger partial charge in [-0.1, -0.05) is 12.1 Å². The van der Waals surface area contributed by atoms with Gasteiger partial charge in [0.15, 0.2) is 11.4 Å². The Labute approximate surface area is 209 Å². The van der Waals surface area contributed by atoms with Crippen molar-refractivity contribution in [3.63, 3.8) is 0 Å². The van der Waals surface area contributed by atoms with Gasteiger partial charge in [-0.05, 0) is 62.7 Å². The summed E-state index contributed by atoms with van der Waals surface area (Å²) in [5.74, 6) is 0.447. The van der Waals surface area contributed by atoms with E-state index in [4.69, 9.17) is 9.72 Å². The Kier molecular flexibility index (Phi) is 6.10. The molecule has 1 N–H and O–H groups in total.